The molecule has 2 aromatic rings. The topological polar surface area (TPSA) is 54.5 Å². The van der Waals surface area contributed by atoms with Crippen molar-refractivity contribution in [1.29, 1.82) is 0 Å². The summed E-state index contributed by atoms with van der Waals surface area (Å²) in [7, 11) is -3.33. The van der Waals surface area contributed by atoms with Gasteiger partial charge in [-0.1, -0.05) is 22.0 Å². The van der Waals surface area contributed by atoms with Crippen molar-refractivity contribution in [3.05, 3.63) is 64.4 Å². The number of hydrogen-bond donors (Lipinski definition) is 0. The highest BCUT2D eigenvalue weighted by molar-refractivity contribution is 9.10. The van der Waals surface area contributed by atoms with Gasteiger partial charge in [-0.2, -0.15) is 0 Å². The van der Waals surface area contributed by atoms with Crippen molar-refractivity contribution < 1.29 is 17.6 Å². The summed E-state index contributed by atoms with van der Waals surface area (Å²) in [6.07, 6.45) is 0. The third-order valence-corrected chi connectivity index (χ3v) is 6.55. The second-order valence-electron chi connectivity index (χ2n) is 6.23. The SMILES string of the molecule is O=C(CN1CC(CS(=O)(=O)c2cccc(Br)c2)C1)c1ccc(F)cc1. The molecule has 0 radical (unpaired) electrons. The van der Waals surface area contributed by atoms with Crippen LogP contribution in [0, 0.1) is 11.7 Å². The Hall–Kier alpha value is -1.57. The van der Waals surface area contributed by atoms with E-state index in [1.807, 2.05) is 4.90 Å². The Labute approximate surface area is 154 Å². The standard InChI is InChI=1S/C18H17BrFNO3S/c19-15-2-1-3-17(8-15)25(23,24)12-13-9-21(10-13)11-18(22)14-4-6-16(20)7-5-14/h1-8,13H,9-12H2. The summed E-state index contributed by atoms with van der Waals surface area (Å²) in [6, 6.07) is 12.1. The minimum absolute atomic E-state index is 0.0185. The maximum absolute atomic E-state index is 12.9. The molecule has 0 unspecified atom stereocenters. The Bertz CT molecular complexity index is 877. The van der Waals surface area contributed by atoms with Gasteiger partial charge < -0.3 is 0 Å². The summed E-state index contributed by atoms with van der Waals surface area (Å²) in [4.78, 5) is 14.3. The highest BCUT2D eigenvalue weighted by Crippen LogP contribution is 2.23. The largest absolute Gasteiger partial charge is 0.295 e. The molecule has 0 N–H and O–H groups in total. The smallest absolute Gasteiger partial charge is 0.178 e. The van der Waals surface area contributed by atoms with Gasteiger partial charge in [-0.3, -0.25) is 9.69 Å². The average molecular weight is 426 g/mol. The Kier molecular flexibility index (Phi) is 5.36. The van der Waals surface area contributed by atoms with E-state index in [9.17, 15) is 17.6 Å². The van der Waals surface area contributed by atoms with Crippen LogP contribution < -0.4 is 0 Å². The molecule has 1 fully saturated rings. The van der Waals surface area contributed by atoms with Crippen molar-refractivity contribution in [3.63, 3.8) is 0 Å². The molecule has 0 bridgehead atoms. The number of nitrogens with zero attached hydrogens (tertiary/aromatic N) is 1. The Morgan fingerprint density at radius 3 is 2.48 bits per heavy atom. The van der Waals surface area contributed by atoms with Crippen molar-refractivity contribution in [2.45, 2.75) is 4.90 Å². The van der Waals surface area contributed by atoms with E-state index in [0.717, 1.165) is 4.47 Å². The van der Waals surface area contributed by atoms with Gasteiger partial charge >= 0.3 is 0 Å². The maximum Gasteiger partial charge on any atom is 0.178 e. The van der Waals surface area contributed by atoms with Crippen molar-refractivity contribution in [2.75, 3.05) is 25.4 Å². The van der Waals surface area contributed by atoms with E-state index in [1.54, 1.807) is 24.3 Å². The van der Waals surface area contributed by atoms with Gasteiger partial charge in [0, 0.05) is 23.1 Å². The third-order valence-electron chi connectivity index (χ3n) is 4.18. The number of rotatable bonds is 6. The molecule has 0 atom stereocenters. The van der Waals surface area contributed by atoms with E-state index in [-0.39, 0.29) is 29.8 Å². The molecular formula is C18H17BrFNO3S. The van der Waals surface area contributed by atoms with Gasteiger partial charge in [0.25, 0.3) is 0 Å². The monoisotopic (exact) mass is 425 g/mol. The number of halogens is 2. The lowest BCUT2D eigenvalue weighted by molar-refractivity contribution is 0.0771. The first-order valence-corrected chi connectivity index (χ1v) is 10.3. The Balaban J connectivity index is 1.52. The summed E-state index contributed by atoms with van der Waals surface area (Å²) in [6.45, 7) is 1.36. The second-order valence-corrected chi connectivity index (χ2v) is 9.18. The van der Waals surface area contributed by atoms with Gasteiger partial charge in [-0.15, -0.1) is 0 Å². The molecule has 1 aliphatic heterocycles. The average Bonchev–Trinajstić information content (AvgIpc) is 2.53. The van der Waals surface area contributed by atoms with E-state index in [4.69, 9.17) is 0 Å². The van der Waals surface area contributed by atoms with Crippen LogP contribution in [0.5, 0.6) is 0 Å². The molecule has 0 aliphatic carbocycles. The van der Waals surface area contributed by atoms with E-state index in [1.165, 1.54) is 24.3 Å². The quantitative estimate of drug-likeness (QED) is 0.666. The van der Waals surface area contributed by atoms with Crippen LogP contribution in [-0.4, -0.2) is 44.5 Å². The molecule has 1 heterocycles. The third kappa shape index (κ3) is 4.54. The molecule has 3 rings (SSSR count). The zero-order valence-corrected chi connectivity index (χ0v) is 15.8. The fraction of sp³-hybridized carbons (Fsp3) is 0.278. The lowest BCUT2D eigenvalue weighted by Crippen LogP contribution is -2.51. The molecule has 7 heteroatoms. The lowest BCUT2D eigenvalue weighted by atomic mass is 10.0. The summed E-state index contributed by atoms with van der Waals surface area (Å²) in [5.74, 6) is -0.373. The van der Waals surface area contributed by atoms with E-state index in [0.29, 0.717) is 23.5 Å². The number of hydrogen-bond acceptors (Lipinski definition) is 4. The van der Waals surface area contributed by atoms with Crippen LogP contribution in [0.2, 0.25) is 0 Å². The highest BCUT2D eigenvalue weighted by Gasteiger charge is 2.32. The number of benzene rings is 2. The molecule has 0 amide bonds. The number of ketones is 1. The van der Waals surface area contributed by atoms with E-state index < -0.39 is 9.84 Å². The predicted molar refractivity (Wildman–Crippen MR) is 96.9 cm³/mol. The molecular weight excluding hydrogens is 409 g/mol. The molecule has 0 saturated carbocycles. The summed E-state index contributed by atoms with van der Waals surface area (Å²) in [5, 5.41) is 0. The minimum atomic E-state index is -3.33. The lowest BCUT2D eigenvalue weighted by Gasteiger charge is -2.38. The molecule has 2 aromatic carbocycles. The Morgan fingerprint density at radius 2 is 1.84 bits per heavy atom. The number of Topliss-reactive ketones (excluding diaryl/α,β-unsaturated/α-hetero) is 1. The van der Waals surface area contributed by atoms with Gasteiger partial charge in [-0.05, 0) is 48.4 Å². The molecule has 0 spiro atoms. The van der Waals surface area contributed by atoms with Crippen LogP contribution in [0.25, 0.3) is 0 Å². The molecule has 1 saturated heterocycles. The summed E-state index contributed by atoms with van der Waals surface area (Å²) in [5.41, 5.74) is 0.464. The first-order valence-electron chi connectivity index (χ1n) is 7.83. The molecule has 132 valence electrons. The zero-order chi connectivity index (χ0) is 18.0. The van der Waals surface area contributed by atoms with Crippen LogP contribution >= 0.6 is 15.9 Å². The van der Waals surface area contributed by atoms with Crippen LogP contribution in [0.15, 0.2) is 57.9 Å². The van der Waals surface area contributed by atoms with E-state index >= 15 is 0 Å². The van der Waals surface area contributed by atoms with Crippen molar-refractivity contribution in [1.82, 2.24) is 4.90 Å². The van der Waals surface area contributed by atoms with Gasteiger partial charge in [0.1, 0.15) is 5.82 Å². The minimum Gasteiger partial charge on any atom is -0.295 e. The first-order chi connectivity index (χ1) is 11.8. The normalized spacial score (nSPS) is 15.8. The van der Waals surface area contributed by atoms with Gasteiger partial charge in [-0.25, -0.2) is 12.8 Å². The number of likely N-dealkylation sites (tertiary alicyclic amines) is 1. The van der Waals surface area contributed by atoms with Crippen LogP contribution in [-0.2, 0) is 9.84 Å². The van der Waals surface area contributed by atoms with E-state index in [2.05, 4.69) is 15.9 Å². The van der Waals surface area contributed by atoms with Crippen molar-refractivity contribution in [3.8, 4) is 0 Å². The maximum atomic E-state index is 12.9. The fourth-order valence-electron chi connectivity index (χ4n) is 2.91. The van der Waals surface area contributed by atoms with Gasteiger partial charge in [0.2, 0.25) is 0 Å². The van der Waals surface area contributed by atoms with Crippen LogP contribution in [0.1, 0.15) is 10.4 Å². The fourth-order valence-corrected chi connectivity index (χ4v) is 5.08. The molecule has 25 heavy (non-hydrogen) atoms. The van der Waals surface area contributed by atoms with Crippen molar-refractivity contribution >= 4 is 31.6 Å². The molecule has 0 aromatic heterocycles. The number of sulfone groups is 1. The van der Waals surface area contributed by atoms with Gasteiger partial charge in [0.15, 0.2) is 15.6 Å². The first kappa shape index (κ1) is 18.2. The highest BCUT2D eigenvalue weighted by atomic mass is 79.9. The summed E-state index contributed by atoms with van der Waals surface area (Å²) < 4.78 is 38.5. The number of carbonyl (C=O) groups excluding carboxylic acids is 1. The molecule has 1 aliphatic rings. The van der Waals surface area contributed by atoms with Crippen molar-refractivity contribution in [2.24, 2.45) is 5.92 Å². The van der Waals surface area contributed by atoms with Crippen LogP contribution in [0.3, 0.4) is 0 Å². The Morgan fingerprint density at radius 1 is 1.16 bits per heavy atom. The second kappa shape index (κ2) is 7.35. The van der Waals surface area contributed by atoms with Crippen LogP contribution in [0.4, 0.5) is 4.39 Å². The zero-order valence-electron chi connectivity index (χ0n) is 13.4. The summed E-state index contributed by atoms with van der Waals surface area (Å²) >= 11 is 3.28. The van der Waals surface area contributed by atoms with Gasteiger partial charge in [0.05, 0.1) is 17.2 Å². The molecule has 4 nitrogen and oxygen atoms in total. The number of carbonyl (C=O) groups is 1. The predicted octanol–water partition coefficient (Wildman–Crippen LogP) is 3.18.